The molecule has 144 valence electrons. The molecule has 1 amide bonds. The van der Waals surface area contributed by atoms with E-state index in [4.69, 9.17) is 27.9 Å². The topological polar surface area (TPSA) is 66.9 Å². The molecule has 3 rings (SSSR count). The lowest BCUT2D eigenvalue weighted by molar-refractivity contribution is -0.0586. The van der Waals surface area contributed by atoms with Gasteiger partial charge in [0.2, 0.25) is 10.0 Å². The molecule has 2 heterocycles. The number of benzene rings is 1. The molecule has 0 N–H and O–H groups in total. The Labute approximate surface area is 164 Å². The third-order valence-electron chi connectivity index (χ3n) is 4.64. The van der Waals surface area contributed by atoms with Crippen molar-refractivity contribution in [2.24, 2.45) is 0 Å². The number of amides is 1. The first-order valence-corrected chi connectivity index (χ1v) is 10.8. The third kappa shape index (κ3) is 3.87. The van der Waals surface area contributed by atoms with Gasteiger partial charge in [0.05, 0.1) is 27.8 Å². The molecule has 2 atom stereocenters. The summed E-state index contributed by atoms with van der Waals surface area (Å²) in [5.41, 5.74) is 0.148. The first-order chi connectivity index (χ1) is 12.2. The molecule has 0 aromatic heterocycles. The highest BCUT2D eigenvalue weighted by Crippen LogP contribution is 2.33. The van der Waals surface area contributed by atoms with Gasteiger partial charge >= 0.3 is 0 Å². The maximum absolute atomic E-state index is 13.0. The van der Waals surface area contributed by atoms with Crippen molar-refractivity contribution in [2.45, 2.75) is 43.8 Å². The summed E-state index contributed by atoms with van der Waals surface area (Å²) < 4.78 is 32.8. The molecule has 0 saturated carbocycles. The number of carbonyl (C=O) groups is 1. The van der Waals surface area contributed by atoms with Gasteiger partial charge in [0.1, 0.15) is 4.90 Å². The van der Waals surface area contributed by atoms with Crippen LogP contribution in [0.2, 0.25) is 10.0 Å². The van der Waals surface area contributed by atoms with E-state index >= 15 is 0 Å². The average Bonchev–Trinajstić information content (AvgIpc) is 3.08. The molecule has 0 unspecified atom stereocenters. The summed E-state index contributed by atoms with van der Waals surface area (Å²) in [7, 11) is -3.75. The molecule has 2 fully saturated rings. The zero-order valence-electron chi connectivity index (χ0n) is 14.7. The van der Waals surface area contributed by atoms with Crippen LogP contribution < -0.4 is 0 Å². The van der Waals surface area contributed by atoms with E-state index in [1.807, 2.05) is 13.8 Å². The van der Waals surface area contributed by atoms with Crippen molar-refractivity contribution >= 4 is 39.1 Å². The standard InChI is InChI=1S/C17H22Cl2N2O4S/c1-11-9-20(10-12(2)25-11)17(22)13-7-16(15(19)8-14(13)18)26(23,24)21-5-3-4-6-21/h7-8,11-12H,3-6,9-10H2,1-2H3/t11-,12+. The van der Waals surface area contributed by atoms with Crippen molar-refractivity contribution in [3.8, 4) is 0 Å². The van der Waals surface area contributed by atoms with Crippen LogP contribution in [0.1, 0.15) is 37.0 Å². The summed E-state index contributed by atoms with van der Waals surface area (Å²) in [4.78, 5) is 14.5. The minimum absolute atomic E-state index is 0.0298. The molecule has 1 aromatic carbocycles. The van der Waals surface area contributed by atoms with Crippen molar-refractivity contribution in [1.82, 2.24) is 9.21 Å². The molecule has 0 radical (unpaired) electrons. The van der Waals surface area contributed by atoms with Crippen LogP contribution in [0, 0.1) is 0 Å². The van der Waals surface area contributed by atoms with E-state index in [1.54, 1.807) is 4.90 Å². The second kappa shape index (κ2) is 7.64. The van der Waals surface area contributed by atoms with Gasteiger partial charge in [-0.05, 0) is 38.8 Å². The van der Waals surface area contributed by atoms with Gasteiger partial charge in [-0.15, -0.1) is 0 Å². The van der Waals surface area contributed by atoms with Crippen LogP contribution in [0.4, 0.5) is 0 Å². The largest absolute Gasteiger partial charge is 0.372 e. The van der Waals surface area contributed by atoms with Gasteiger partial charge in [-0.3, -0.25) is 4.79 Å². The summed E-state index contributed by atoms with van der Waals surface area (Å²) >= 11 is 12.4. The van der Waals surface area contributed by atoms with Gasteiger partial charge < -0.3 is 9.64 Å². The minimum atomic E-state index is -3.75. The second-order valence-corrected chi connectivity index (χ2v) is 9.56. The summed E-state index contributed by atoms with van der Waals surface area (Å²) in [6, 6.07) is 2.65. The fraction of sp³-hybridized carbons (Fsp3) is 0.588. The first kappa shape index (κ1) is 19.9. The Morgan fingerprint density at radius 1 is 1.08 bits per heavy atom. The SMILES string of the molecule is C[C@@H]1CN(C(=O)c2cc(S(=O)(=O)N3CCCC3)c(Cl)cc2Cl)C[C@H](C)O1. The van der Waals surface area contributed by atoms with Gasteiger partial charge in [0.25, 0.3) is 5.91 Å². The lowest BCUT2D eigenvalue weighted by Crippen LogP contribution is -2.48. The molecule has 2 aliphatic heterocycles. The van der Waals surface area contributed by atoms with Crippen LogP contribution in [0.25, 0.3) is 0 Å². The van der Waals surface area contributed by atoms with Crippen LogP contribution in [-0.4, -0.2) is 61.9 Å². The number of carbonyl (C=O) groups excluding carboxylic acids is 1. The van der Waals surface area contributed by atoms with E-state index in [9.17, 15) is 13.2 Å². The van der Waals surface area contributed by atoms with Crippen LogP contribution in [-0.2, 0) is 14.8 Å². The van der Waals surface area contributed by atoms with Gasteiger partial charge in [0, 0.05) is 26.2 Å². The van der Waals surface area contributed by atoms with E-state index in [2.05, 4.69) is 0 Å². The molecule has 0 spiro atoms. The predicted octanol–water partition coefficient (Wildman–Crippen LogP) is 3.03. The molecular formula is C17H22Cl2N2O4S. The van der Waals surface area contributed by atoms with E-state index in [0.717, 1.165) is 12.8 Å². The number of ether oxygens (including phenoxy) is 1. The summed E-state index contributed by atoms with van der Waals surface area (Å²) in [6.45, 7) is 5.56. The van der Waals surface area contributed by atoms with Crippen molar-refractivity contribution in [3.63, 3.8) is 0 Å². The fourth-order valence-electron chi connectivity index (χ4n) is 3.47. The minimum Gasteiger partial charge on any atom is -0.372 e. The molecule has 2 aliphatic rings. The average molecular weight is 421 g/mol. The molecule has 9 heteroatoms. The third-order valence-corrected chi connectivity index (χ3v) is 7.32. The maximum Gasteiger partial charge on any atom is 0.255 e. The highest BCUT2D eigenvalue weighted by Gasteiger charge is 2.33. The van der Waals surface area contributed by atoms with Crippen LogP contribution in [0.5, 0.6) is 0 Å². The quantitative estimate of drug-likeness (QED) is 0.753. The van der Waals surface area contributed by atoms with Crippen molar-refractivity contribution in [2.75, 3.05) is 26.2 Å². The van der Waals surface area contributed by atoms with Crippen LogP contribution >= 0.6 is 23.2 Å². The van der Waals surface area contributed by atoms with Gasteiger partial charge in [-0.2, -0.15) is 4.31 Å². The Morgan fingerprint density at radius 2 is 1.65 bits per heavy atom. The van der Waals surface area contributed by atoms with Crippen molar-refractivity contribution in [3.05, 3.63) is 27.7 Å². The van der Waals surface area contributed by atoms with E-state index < -0.39 is 10.0 Å². The Bertz CT molecular complexity index is 799. The number of rotatable bonds is 3. The molecule has 6 nitrogen and oxygen atoms in total. The number of halogens is 2. The molecule has 26 heavy (non-hydrogen) atoms. The van der Waals surface area contributed by atoms with Crippen LogP contribution in [0.3, 0.4) is 0 Å². The Morgan fingerprint density at radius 3 is 2.23 bits per heavy atom. The van der Waals surface area contributed by atoms with Crippen molar-refractivity contribution < 1.29 is 17.9 Å². The smallest absolute Gasteiger partial charge is 0.255 e. The second-order valence-electron chi connectivity index (χ2n) is 6.84. The summed E-state index contributed by atoms with van der Waals surface area (Å²) in [6.07, 6.45) is 1.45. The van der Waals surface area contributed by atoms with Crippen LogP contribution in [0.15, 0.2) is 17.0 Å². The number of sulfonamides is 1. The lowest BCUT2D eigenvalue weighted by atomic mass is 10.1. The molecule has 0 aliphatic carbocycles. The van der Waals surface area contributed by atoms with Gasteiger partial charge in [0.15, 0.2) is 0 Å². The number of morpholine rings is 1. The Balaban J connectivity index is 1.97. The first-order valence-electron chi connectivity index (χ1n) is 8.64. The summed E-state index contributed by atoms with van der Waals surface area (Å²) in [5, 5.41) is 0.175. The zero-order chi connectivity index (χ0) is 19.1. The molecule has 0 bridgehead atoms. The molecular weight excluding hydrogens is 399 g/mol. The van der Waals surface area contributed by atoms with Gasteiger partial charge in [-0.1, -0.05) is 23.2 Å². The fourth-order valence-corrected chi connectivity index (χ4v) is 5.82. The number of hydrogen-bond acceptors (Lipinski definition) is 4. The molecule has 1 aromatic rings. The Kier molecular flexibility index (Phi) is 5.84. The predicted molar refractivity (Wildman–Crippen MR) is 100 cm³/mol. The molecule has 2 saturated heterocycles. The highest BCUT2D eigenvalue weighted by molar-refractivity contribution is 7.89. The summed E-state index contributed by atoms with van der Waals surface area (Å²) in [5.74, 6) is -0.313. The maximum atomic E-state index is 13.0. The van der Waals surface area contributed by atoms with Crippen molar-refractivity contribution in [1.29, 1.82) is 0 Å². The van der Waals surface area contributed by atoms with E-state index in [0.29, 0.717) is 26.2 Å². The monoisotopic (exact) mass is 420 g/mol. The van der Waals surface area contributed by atoms with Gasteiger partial charge in [-0.25, -0.2) is 8.42 Å². The highest BCUT2D eigenvalue weighted by atomic mass is 35.5. The Hall–Kier alpha value is -0.860. The van der Waals surface area contributed by atoms with E-state index in [1.165, 1.54) is 16.4 Å². The van der Waals surface area contributed by atoms with E-state index in [-0.39, 0.29) is 38.6 Å². The zero-order valence-corrected chi connectivity index (χ0v) is 17.1. The number of nitrogens with zero attached hydrogens (tertiary/aromatic N) is 2. The normalized spacial score (nSPS) is 24.8. The lowest BCUT2D eigenvalue weighted by Gasteiger charge is -2.35. The number of hydrogen-bond donors (Lipinski definition) is 0.